The van der Waals surface area contributed by atoms with E-state index in [1.54, 1.807) is 21.3 Å². The van der Waals surface area contributed by atoms with E-state index in [9.17, 15) is 0 Å². The van der Waals surface area contributed by atoms with Crippen LogP contribution in [0.3, 0.4) is 0 Å². The van der Waals surface area contributed by atoms with Gasteiger partial charge in [-0.15, -0.1) is 0 Å². The summed E-state index contributed by atoms with van der Waals surface area (Å²) < 4.78 is 28.5. The van der Waals surface area contributed by atoms with Crippen molar-refractivity contribution in [1.29, 1.82) is 0 Å². The summed E-state index contributed by atoms with van der Waals surface area (Å²) in [5, 5.41) is 3.64. The summed E-state index contributed by atoms with van der Waals surface area (Å²) in [6, 6.07) is 4.37. The lowest BCUT2D eigenvalue weighted by Gasteiger charge is -2.36. The molecule has 5 rings (SSSR count). The summed E-state index contributed by atoms with van der Waals surface area (Å²) in [6.45, 7) is 1.17. The Morgan fingerprint density at radius 1 is 0.962 bits per heavy atom. The van der Waals surface area contributed by atoms with Gasteiger partial charge in [-0.2, -0.15) is 0 Å². The Balaban J connectivity index is 1.87. The molecule has 1 N–H and O–H groups in total. The first-order valence-electron chi connectivity index (χ1n) is 8.77. The molecule has 26 heavy (non-hydrogen) atoms. The molecule has 0 aromatic heterocycles. The van der Waals surface area contributed by atoms with Gasteiger partial charge in [-0.3, -0.25) is 0 Å². The van der Waals surface area contributed by atoms with Gasteiger partial charge in [0, 0.05) is 17.2 Å². The maximum absolute atomic E-state index is 5.82. The van der Waals surface area contributed by atoms with E-state index in [0.29, 0.717) is 11.5 Å². The number of hydrogen-bond donors (Lipinski definition) is 1. The minimum absolute atomic E-state index is 0.218. The fourth-order valence-electron chi connectivity index (χ4n) is 4.50. The Hall–Kier alpha value is -2.60. The van der Waals surface area contributed by atoms with Crippen molar-refractivity contribution in [3.05, 3.63) is 28.8 Å². The van der Waals surface area contributed by atoms with Crippen molar-refractivity contribution in [2.24, 2.45) is 0 Å². The van der Waals surface area contributed by atoms with Crippen LogP contribution in [0, 0.1) is 0 Å². The first kappa shape index (κ1) is 15.6. The number of nitrogens with one attached hydrogen (secondary N) is 1. The lowest BCUT2D eigenvalue weighted by Crippen LogP contribution is -2.34. The molecule has 2 heterocycles. The highest BCUT2D eigenvalue weighted by molar-refractivity contribution is 5.87. The number of ether oxygens (including phenoxy) is 5. The standard InChI is InChI=1S/C20H21NO5/c1-22-18-11-4-5-21-13-6-10-7-14-15(26-9-25-14)8-12(10)17(16(11)13)19(23-2)20(18)24-3/h7-8,13,21H,4-6,9H2,1-3H3/t13-/m0/s1. The third-order valence-electron chi connectivity index (χ3n) is 5.53. The highest BCUT2D eigenvalue weighted by Crippen LogP contribution is 2.56. The molecule has 2 aromatic carbocycles. The molecule has 0 amide bonds. The van der Waals surface area contributed by atoms with Gasteiger partial charge in [0.2, 0.25) is 12.5 Å². The summed E-state index contributed by atoms with van der Waals surface area (Å²) >= 11 is 0. The summed E-state index contributed by atoms with van der Waals surface area (Å²) in [4.78, 5) is 0. The minimum Gasteiger partial charge on any atom is -0.492 e. The summed E-state index contributed by atoms with van der Waals surface area (Å²) in [7, 11) is 5.01. The monoisotopic (exact) mass is 355 g/mol. The zero-order valence-electron chi connectivity index (χ0n) is 15.1. The maximum Gasteiger partial charge on any atom is 0.231 e. The number of rotatable bonds is 3. The first-order valence-corrected chi connectivity index (χ1v) is 8.77. The molecule has 0 spiro atoms. The van der Waals surface area contributed by atoms with Crippen LogP contribution in [0.25, 0.3) is 11.1 Å². The average molecular weight is 355 g/mol. The van der Waals surface area contributed by atoms with E-state index in [4.69, 9.17) is 23.7 Å². The Morgan fingerprint density at radius 3 is 2.42 bits per heavy atom. The predicted octanol–water partition coefficient (Wildman–Crippen LogP) is 2.85. The molecular formula is C20H21NO5. The van der Waals surface area contributed by atoms with Crippen molar-refractivity contribution in [3.8, 4) is 39.9 Å². The molecule has 0 unspecified atom stereocenters. The Kier molecular flexibility index (Phi) is 3.43. The molecule has 1 atom stereocenters. The van der Waals surface area contributed by atoms with Crippen molar-refractivity contribution < 1.29 is 23.7 Å². The van der Waals surface area contributed by atoms with Gasteiger partial charge in [0.25, 0.3) is 0 Å². The average Bonchev–Trinajstić information content (AvgIpc) is 3.13. The van der Waals surface area contributed by atoms with Crippen molar-refractivity contribution in [3.63, 3.8) is 0 Å². The first-order chi connectivity index (χ1) is 12.8. The summed E-state index contributed by atoms with van der Waals surface area (Å²) in [6.07, 6.45) is 1.78. The van der Waals surface area contributed by atoms with E-state index in [0.717, 1.165) is 47.8 Å². The lowest BCUT2D eigenvalue weighted by atomic mass is 9.76. The topological polar surface area (TPSA) is 58.2 Å². The molecule has 136 valence electrons. The van der Waals surface area contributed by atoms with E-state index >= 15 is 0 Å². The number of fused-ring (bicyclic) bond motifs is 3. The molecule has 2 aromatic rings. The fraction of sp³-hybridized carbons (Fsp3) is 0.400. The molecule has 6 nitrogen and oxygen atoms in total. The second-order valence-electron chi connectivity index (χ2n) is 6.69. The van der Waals surface area contributed by atoms with Gasteiger partial charge >= 0.3 is 0 Å². The van der Waals surface area contributed by atoms with Gasteiger partial charge in [0.05, 0.1) is 21.3 Å². The maximum atomic E-state index is 5.82. The predicted molar refractivity (Wildman–Crippen MR) is 95.8 cm³/mol. The third-order valence-corrected chi connectivity index (χ3v) is 5.53. The van der Waals surface area contributed by atoms with Crippen LogP contribution in [0.1, 0.15) is 22.7 Å². The van der Waals surface area contributed by atoms with Gasteiger partial charge in [-0.25, -0.2) is 0 Å². The van der Waals surface area contributed by atoms with Crippen LogP contribution in [-0.4, -0.2) is 34.7 Å². The molecule has 0 radical (unpaired) electrons. The largest absolute Gasteiger partial charge is 0.492 e. The van der Waals surface area contributed by atoms with Crippen LogP contribution < -0.4 is 29.0 Å². The van der Waals surface area contributed by atoms with Crippen LogP contribution >= 0.6 is 0 Å². The Labute approximate surface area is 152 Å². The van der Waals surface area contributed by atoms with E-state index in [2.05, 4.69) is 17.4 Å². The SMILES string of the molecule is COc1c2c3c(c(OC)c1OC)-c1cc4c(cc1C[C@@H]3NCC2)OCO4. The van der Waals surface area contributed by atoms with Crippen LogP contribution in [0.5, 0.6) is 28.7 Å². The van der Waals surface area contributed by atoms with Gasteiger partial charge in [0.15, 0.2) is 23.0 Å². The summed E-state index contributed by atoms with van der Waals surface area (Å²) in [5.41, 5.74) is 5.85. The van der Waals surface area contributed by atoms with Gasteiger partial charge < -0.3 is 29.0 Å². The van der Waals surface area contributed by atoms with Crippen LogP contribution in [-0.2, 0) is 12.8 Å². The third kappa shape index (κ3) is 1.96. The highest BCUT2D eigenvalue weighted by Gasteiger charge is 2.37. The van der Waals surface area contributed by atoms with Crippen LogP contribution in [0.2, 0.25) is 0 Å². The molecule has 2 aliphatic heterocycles. The summed E-state index contributed by atoms with van der Waals surface area (Å²) in [5.74, 6) is 3.71. The van der Waals surface area contributed by atoms with Gasteiger partial charge in [-0.1, -0.05) is 0 Å². The molecule has 0 bridgehead atoms. The minimum atomic E-state index is 0.218. The second kappa shape index (κ2) is 5.71. The zero-order valence-corrected chi connectivity index (χ0v) is 15.1. The van der Waals surface area contributed by atoms with Crippen molar-refractivity contribution in [2.75, 3.05) is 34.7 Å². The van der Waals surface area contributed by atoms with Crippen molar-refractivity contribution in [1.82, 2.24) is 5.32 Å². The molecule has 0 saturated carbocycles. The molecule has 0 saturated heterocycles. The second-order valence-corrected chi connectivity index (χ2v) is 6.69. The number of hydrogen-bond acceptors (Lipinski definition) is 6. The van der Waals surface area contributed by atoms with Crippen LogP contribution in [0.4, 0.5) is 0 Å². The zero-order chi connectivity index (χ0) is 17.8. The van der Waals surface area contributed by atoms with E-state index < -0.39 is 0 Å². The Bertz CT molecular complexity index is 908. The highest BCUT2D eigenvalue weighted by atomic mass is 16.7. The van der Waals surface area contributed by atoms with E-state index in [-0.39, 0.29) is 12.8 Å². The number of methoxy groups -OCH3 is 3. The molecule has 6 heteroatoms. The van der Waals surface area contributed by atoms with E-state index in [1.165, 1.54) is 16.7 Å². The van der Waals surface area contributed by atoms with E-state index in [1.807, 2.05) is 0 Å². The quantitative estimate of drug-likeness (QED) is 0.914. The molecule has 0 fully saturated rings. The van der Waals surface area contributed by atoms with Gasteiger partial charge in [0.1, 0.15) is 0 Å². The molecule has 3 aliphatic rings. The normalized spacial score (nSPS) is 18.8. The fourth-order valence-corrected chi connectivity index (χ4v) is 4.50. The molecule has 1 aliphatic carbocycles. The van der Waals surface area contributed by atoms with Gasteiger partial charge in [-0.05, 0) is 48.2 Å². The molecular weight excluding hydrogens is 334 g/mol. The lowest BCUT2D eigenvalue weighted by molar-refractivity contribution is 0.174. The Morgan fingerprint density at radius 2 is 1.69 bits per heavy atom. The smallest absolute Gasteiger partial charge is 0.231 e. The number of benzene rings is 2. The van der Waals surface area contributed by atoms with Crippen LogP contribution in [0.15, 0.2) is 12.1 Å². The van der Waals surface area contributed by atoms with Crippen molar-refractivity contribution >= 4 is 0 Å². The van der Waals surface area contributed by atoms with Crippen molar-refractivity contribution in [2.45, 2.75) is 18.9 Å².